The van der Waals surface area contributed by atoms with Crippen LogP contribution in [-0.2, 0) is 13.0 Å². The lowest BCUT2D eigenvalue weighted by molar-refractivity contribution is 0.303. The monoisotopic (exact) mass is 347 g/mol. The zero-order chi connectivity index (χ0) is 17.5. The average Bonchev–Trinajstić information content (AvgIpc) is 2.56. The lowest BCUT2D eigenvalue weighted by atomic mass is 10.0. The van der Waals surface area contributed by atoms with E-state index in [1.165, 1.54) is 11.1 Å². The number of aryl methyl sites for hydroxylation is 2. The Labute approximate surface area is 150 Å². The normalized spacial score (nSPS) is 10.9. The van der Waals surface area contributed by atoms with Crippen molar-refractivity contribution < 1.29 is 9.47 Å². The molecule has 0 heterocycles. The van der Waals surface area contributed by atoms with Gasteiger partial charge in [0.25, 0.3) is 0 Å². The minimum atomic E-state index is 0.523. The van der Waals surface area contributed by atoms with Crippen molar-refractivity contribution in [1.82, 2.24) is 4.90 Å². The second-order valence-electron chi connectivity index (χ2n) is 6.24. The Balaban J connectivity index is 2.09. The zero-order valence-electron chi connectivity index (χ0n) is 14.9. The van der Waals surface area contributed by atoms with Gasteiger partial charge in [-0.15, -0.1) is 0 Å². The summed E-state index contributed by atoms with van der Waals surface area (Å²) in [5, 5.41) is 0.758. The van der Waals surface area contributed by atoms with Crippen molar-refractivity contribution in [2.45, 2.75) is 26.4 Å². The largest absolute Gasteiger partial charge is 0.497 e. The molecule has 0 N–H and O–H groups in total. The molecule has 2 rings (SSSR count). The van der Waals surface area contributed by atoms with Crippen molar-refractivity contribution in [1.29, 1.82) is 0 Å². The quantitative estimate of drug-likeness (QED) is 0.689. The first-order valence-electron chi connectivity index (χ1n) is 8.19. The fraction of sp³-hybridized carbons (Fsp3) is 0.400. The zero-order valence-corrected chi connectivity index (χ0v) is 15.7. The van der Waals surface area contributed by atoms with Crippen LogP contribution in [0, 0.1) is 6.92 Å². The molecule has 0 saturated heterocycles. The van der Waals surface area contributed by atoms with E-state index in [2.05, 4.69) is 31.1 Å². The first-order valence-corrected chi connectivity index (χ1v) is 8.57. The summed E-state index contributed by atoms with van der Waals surface area (Å²) in [6.45, 7) is 3.58. The van der Waals surface area contributed by atoms with E-state index in [4.69, 9.17) is 21.1 Å². The summed E-state index contributed by atoms with van der Waals surface area (Å²) >= 11 is 6.07. The van der Waals surface area contributed by atoms with Gasteiger partial charge in [0.1, 0.15) is 18.1 Å². The van der Waals surface area contributed by atoms with Crippen LogP contribution < -0.4 is 9.47 Å². The number of benzene rings is 2. The summed E-state index contributed by atoms with van der Waals surface area (Å²) in [7, 11) is 5.88. The Bertz CT molecular complexity index is 671. The molecule has 0 radical (unpaired) electrons. The first kappa shape index (κ1) is 18.6. The summed E-state index contributed by atoms with van der Waals surface area (Å²) in [5.41, 5.74) is 3.50. The number of hydrogen-bond donors (Lipinski definition) is 0. The number of methoxy groups -OCH3 is 1. The highest BCUT2D eigenvalue weighted by Gasteiger charge is 2.07. The summed E-state index contributed by atoms with van der Waals surface area (Å²) in [6, 6.07) is 12.0. The van der Waals surface area contributed by atoms with Crippen LogP contribution in [0.4, 0.5) is 0 Å². The molecule has 0 aliphatic rings. The van der Waals surface area contributed by atoms with E-state index in [-0.39, 0.29) is 0 Å². The standard InChI is InChI=1S/C20H26ClNO2/c1-15-12-19(9-10-20(15)21)24-14-17-13-18(23-4)8-7-16(17)6-5-11-22(2)3/h7-10,12-13H,5-6,11,14H2,1-4H3. The highest BCUT2D eigenvalue weighted by molar-refractivity contribution is 6.31. The minimum absolute atomic E-state index is 0.523. The van der Waals surface area contributed by atoms with Crippen LogP contribution in [0.2, 0.25) is 5.02 Å². The van der Waals surface area contributed by atoms with Crippen molar-refractivity contribution in [3.8, 4) is 11.5 Å². The Hall–Kier alpha value is -1.71. The van der Waals surface area contributed by atoms with Gasteiger partial charge in [0, 0.05) is 5.02 Å². The smallest absolute Gasteiger partial charge is 0.120 e. The molecule has 0 spiro atoms. The Morgan fingerprint density at radius 1 is 1.00 bits per heavy atom. The third-order valence-electron chi connectivity index (χ3n) is 3.99. The third kappa shape index (κ3) is 5.43. The maximum Gasteiger partial charge on any atom is 0.120 e. The summed E-state index contributed by atoms with van der Waals surface area (Å²) in [5.74, 6) is 1.69. The summed E-state index contributed by atoms with van der Waals surface area (Å²) in [6.07, 6.45) is 2.15. The molecule has 24 heavy (non-hydrogen) atoms. The van der Waals surface area contributed by atoms with Crippen LogP contribution in [0.25, 0.3) is 0 Å². The maximum absolute atomic E-state index is 6.07. The van der Waals surface area contributed by atoms with Gasteiger partial charge in [-0.2, -0.15) is 0 Å². The highest BCUT2D eigenvalue weighted by atomic mass is 35.5. The molecular weight excluding hydrogens is 322 g/mol. The molecule has 2 aromatic carbocycles. The number of rotatable bonds is 8. The molecule has 0 aliphatic carbocycles. The van der Waals surface area contributed by atoms with E-state index in [0.717, 1.165) is 41.5 Å². The van der Waals surface area contributed by atoms with Gasteiger partial charge < -0.3 is 14.4 Å². The fourth-order valence-electron chi connectivity index (χ4n) is 2.56. The Kier molecular flexibility index (Phi) is 6.95. The van der Waals surface area contributed by atoms with E-state index in [9.17, 15) is 0 Å². The molecule has 2 aromatic rings. The van der Waals surface area contributed by atoms with Crippen LogP contribution in [0.1, 0.15) is 23.1 Å². The highest BCUT2D eigenvalue weighted by Crippen LogP contribution is 2.24. The molecular formula is C20H26ClNO2. The lowest BCUT2D eigenvalue weighted by Gasteiger charge is -2.14. The number of hydrogen-bond acceptors (Lipinski definition) is 3. The van der Waals surface area contributed by atoms with Crippen molar-refractivity contribution in [2.24, 2.45) is 0 Å². The van der Waals surface area contributed by atoms with E-state index in [0.29, 0.717) is 6.61 Å². The number of halogens is 1. The van der Waals surface area contributed by atoms with Gasteiger partial charge in [0.05, 0.1) is 7.11 Å². The first-order chi connectivity index (χ1) is 11.5. The Morgan fingerprint density at radius 2 is 1.75 bits per heavy atom. The number of nitrogens with zero attached hydrogens (tertiary/aromatic N) is 1. The molecule has 0 saturated carbocycles. The molecule has 4 heteroatoms. The minimum Gasteiger partial charge on any atom is -0.497 e. The van der Waals surface area contributed by atoms with Gasteiger partial charge in [0.2, 0.25) is 0 Å². The Morgan fingerprint density at radius 3 is 2.42 bits per heavy atom. The molecule has 0 unspecified atom stereocenters. The summed E-state index contributed by atoms with van der Waals surface area (Å²) < 4.78 is 11.3. The molecule has 0 aromatic heterocycles. The van der Waals surface area contributed by atoms with Gasteiger partial charge in [0.15, 0.2) is 0 Å². The van der Waals surface area contributed by atoms with Crippen LogP contribution >= 0.6 is 11.6 Å². The van der Waals surface area contributed by atoms with Crippen molar-refractivity contribution in [2.75, 3.05) is 27.7 Å². The predicted octanol–water partition coefficient (Wildman–Crippen LogP) is 4.73. The van der Waals surface area contributed by atoms with Gasteiger partial charge in [-0.25, -0.2) is 0 Å². The molecule has 130 valence electrons. The topological polar surface area (TPSA) is 21.7 Å². The van der Waals surface area contributed by atoms with E-state index in [1.807, 2.05) is 31.2 Å². The van der Waals surface area contributed by atoms with Crippen molar-refractivity contribution >= 4 is 11.6 Å². The number of ether oxygens (including phenoxy) is 2. The third-order valence-corrected chi connectivity index (χ3v) is 4.41. The second-order valence-corrected chi connectivity index (χ2v) is 6.65. The van der Waals surface area contributed by atoms with Crippen molar-refractivity contribution in [3.63, 3.8) is 0 Å². The molecule has 0 aliphatic heterocycles. The molecule has 0 amide bonds. The molecule has 0 fully saturated rings. The van der Waals surface area contributed by atoms with Crippen LogP contribution in [0.3, 0.4) is 0 Å². The van der Waals surface area contributed by atoms with Gasteiger partial charge in [-0.05, 0) is 87.4 Å². The second kappa shape index (κ2) is 8.95. The molecule has 0 atom stereocenters. The van der Waals surface area contributed by atoms with Gasteiger partial charge in [-0.1, -0.05) is 17.7 Å². The maximum atomic E-state index is 6.07. The van der Waals surface area contributed by atoms with E-state index >= 15 is 0 Å². The van der Waals surface area contributed by atoms with E-state index < -0.39 is 0 Å². The predicted molar refractivity (Wildman–Crippen MR) is 100 cm³/mol. The average molecular weight is 348 g/mol. The molecule has 3 nitrogen and oxygen atoms in total. The van der Waals surface area contributed by atoms with E-state index in [1.54, 1.807) is 7.11 Å². The SMILES string of the molecule is COc1ccc(CCCN(C)C)c(COc2ccc(Cl)c(C)c2)c1. The van der Waals surface area contributed by atoms with Crippen LogP contribution in [-0.4, -0.2) is 32.6 Å². The van der Waals surface area contributed by atoms with Crippen LogP contribution in [0.5, 0.6) is 11.5 Å². The molecule has 0 bridgehead atoms. The lowest BCUT2D eigenvalue weighted by Crippen LogP contribution is -2.14. The van der Waals surface area contributed by atoms with Crippen LogP contribution in [0.15, 0.2) is 36.4 Å². The van der Waals surface area contributed by atoms with Gasteiger partial charge >= 0.3 is 0 Å². The van der Waals surface area contributed by atoms with Crippen molar-refractivity contribution in [3.05, 3.63) is 58.1 Å². The summed E-state index contributed by atoms with van der Waals surface area (Å²) in [4.78, 5) is 2.20. The fourth-order valence-corrected chi connectivity index (χ4v) is 2.68. The van der Waals surface area contributed by atoms with Gasteiger partial charge in [-0.3, -0.25) is 0 Å².